The number of thioether (sulfide) groups is 4. The Kier molecular flexibility index (Phi) is 11.1. The number of fused-ring (bicyclic) bond motifs is 1. The third-order valence-corrected chi connectivity index (χ3v) is 7.83. The largest absolute Gasteiger partial charge is 0.489 e. The standard InChI is InChI=1S/C17H24O3S4/c18-14-15-1-2-16-17(13-15)20-4-6-22-8-10-24-12-11-23-9-7-21-5-3-19-16/h1-2,13-14H,3-12H2. The fraction of sp³-hybridized carbons (Fsp3) is 0.588. The van der Waals surface area contributed by atoms with Crippen molar-refractivity contribution in [2.45, 2.75) is 0 Å². The summed E-state index contributed by atoms with van der Waals surface area (Å²) in [5.41, 5.74) is 0.620. The molecule has 134 valence electrons. The maximum absolute atomic E-state index is 11.0. The Morgan fingerprint density at radius 3 is 1.75 bits per heavy atom. The second-order valence-corrected chi connectivity index (χ2v) is 9.87. The van der Waals surface area contributed by atoms with Crippen molar-refractivity contribution in [1.29, 1.82) is 0 Å². The molecule has 7 heteroatoms. The zero-order chi connectivity index (χ0) is 16.9. The average Bonchev–Trinajstić information content (AvgIpc) is 2.61. The zero-order valence-corrected chi connectivity index (χ0v) is 17.0. The molecule has 0 bridgehead atoms. The minimum Gasteiger partial charge on any atom is -0.489 e. The number of aldehydes is 1. The highest BCUT2D eigenvalue weighted by molar-refractivity contribution is 8.05. The first-order valence-electron chi connectivity index (χ1n) is 8.06. The van der Waals surface area contributed by atoms with E-state index in [-0.39, 0.29) is 0 Å². The molecule has 0 amide bonds. The third-order valence-electron chi connectivity index (χ3n) is 3.19. The Hall–Kier alpha value is -0.110. The van der Waals surface area contributed by atoms with Gasteiger partial charge in [0.2, 0.25) is 0 Å². The fourth-order valence-electron chi connectivity index (χ4n) is 2.01. The molecule has 1 aromatic carbocycles. The molecule has 0 saturated carbocycles. The van der Waals surface area contributed by atoms with Crippen molar-refractivity contribution >= 4 is 53.3 Å². The minimum atomic E-state index is 0.620. The summed E-state index contributed by atoms with van der Waals surface area (Å²) in [5.74, 6) is 10.6. The first-order valence-corrected chi connectivity index (χ1v) is 12.7. The lowest BCUT2D eigenvalue weighted by atomic mass is 10.2. The van der Waals surface area contributed by atoms with Gasteiger partial charge in [-0.2, -0.15) is 47.0 Å². The summed E-state index contributed by atoms with van der Waals surface area (Å²) in [6.07, 6.45) is 0.842. The van der Waals surface area contributed by atoms with Gasteiger partial charge in [-0.1, -0.05) is 0 Å². The highest BCUT2D eigenvalue weighted by Crippen LogP contribution is 2.28. The molecular formula is C17H24O3S4. The van der Waals surface area contributed by atoms with Gasteiger partial charge in [0.15, 0.2) is 11.5 Å². The van der Waals surface area contributed by atoms with Gasteiger partial charge in [-0.3, -0.25) is 4.79 Å². The predicted molar refractivity (Wildman–Crippen MR) is 112 cm³/mol. The smallest absolute Gasteiger partial charge is 0.161 e. The van der Waals surface area contributed by atoms with E-state index in [9.17, 15) is 4.79 Å². The quantitative estimate of drug-likeness (QED) is 0.649. The third kappa shape index (κ3) is 8.32. The molecule has 0 N–H and O–H groups in total. The van der Waals surface area contributed by atoms with E-state index in [0.29, 0.717) is 24.5 Å². The Labute approximate surface area is 161 Å². The van der Waals surface area contributed by atoms with Crippen LogP contribution in [-0.4, -0.2) is 65.5 Å². The second kappa shape index (κ2) is 13.1. The number of carbonyl (C=O) groups is 1. The Bertz CT molecular complexity index is 485. The van der Waals surface area contributed by atoms with Crippen molar-refractivity contribution in [2.24, 2.45) is 0 Å². The second-order valence-electron chi connectivity index (χ2n) is 4.97. The Morgan fingerprint density at radius 1 is 0.708 bits per heavy atom. The summed E-state index contributed by atoms with van der Waals surface area (Å²) < 4.78 is 11.7. The van der Waals surface area contributed by atoms with Crippen LogP contribution in [0.3, 0.4) is 0 Å². The summed E-state index contributed by atoms with van der Waals surface area (Å²) in [4.78, 5) is 11.0. The molecule has 0 fully saturated rings. The van der Waals surface area contributed by atoms with Crippen LogP contribution in [0.4, 0.5) is 0 Å². The van der Waals surface area contributed by atoms with Crippen molar-refractivity contribution in [2.75, 3.05) is 59.2 Å². The van der Waals surface area contributed by atoms with Crippen molar-refractivity contribution in [3.63, 3.8) is 0 Å². The minimum absolute atomic E-state index is 0.620. The SMILES string of the molecule is O=Cc1ccc2c(c1)OCCSCCSCCSCCSCCO2. The van der Waals surface area contributed by atoms with Crippen LogP contribution in [0.1, 0.15) is 10.4 Å². The molecule has 0 spiro atoms. The molecule has 1 aromatic rings. The Morgan fingerprint density at radius 2 is 1.21 bits per heavy atom. The number of benzene rings is 1. The van der Waals surface area contributed by atoms with Crippen LogP contribution >= 0.6 is 47.0 Å². The van der Waals surface area contributed by atoms with Gasteiger partial charge in [0.05, 0.1) is 13.2 Å². The number of carbonyl (C=O) groups excluding carboxylic acids is 1. The first-order chi connectivity index (χ1) is 11.9. The lowest BCUT2D eigenvalue weighted by Crippen LogP contribution is -2.07. The molecule has 1 aliphatic rings. The molecule has 1 heterocycles. The number of hydrogen-bond donors (Lipinski definition) is 0. The van der Waals surface area contributed by atoms with Gasteiger partial charge in [-0.15, -0.1) is 0 Å². The van der Waals surface area contributed by atoms with E-state index >= 15 is 0 Å². The molecule has 0 saturated heterocycles. The van der Waals surface area contributed by atoms with E-state index in [1.54, 1.807) is 12.1 Å². The van der Waals surface area contributed by atoms with Gasteiger partial charge in [0.1, 0.15) is 6.29 Å². The van der Waals surface area contributed by atoms with Crippen molar-refractivity contribution in [1.82, 2.24) is 0 Å². The van der Waals surface area contributed by atoms with Gasteiger partial charge >= 0.3 is 0 Å². The van der Waals surface area contributed by atoms with E-state index in [1.807, 2.05) is 53.1 Å². The van der Waals surface area contributed by atoms with Gasteiger partial charge in [0.25, 0.3) is 0 Å². The van der Waals surface area contributed by atoms with Gasteiger partial charge in [0, 0.05) is 51.6 Å². The molecule has 24 heavy (non-hydrogen) atoms. The van der Waals surface area contributed by atoms with Crippen LogP contribution < -0.4 is 9.47 Å². The van der Waals surface area contributed by atoms with E-state index in [4.69, 9.17) is 9.47 Å². The molecule has 0 aromatic heterocycles. The average molecular weight is 405 g/mol. The van der Waals surface area contributed by atoms with Crippen LogP contribution in [0.25, 0.3) is 0 Å². The zero-order valence-electron chi connectivity index (χ0n) is 13.7. The maximum atomic E-state index is 11.0. The number of ether oxygens (including phenoxy) is 2. The summed E-state index contributed by atoms with van der Waals surface area (Å²) in [5, 5.41) is 0. The maximum Gasteiger partial charge on any atom is 0.161 e. The summed E-state index contributed by atoms with van der Waals surface area (Å²) >= 11 is 7.93. The summed E-state index contributed by atoms with van der Waals surface area (Å²) in [6.45, 7) is 1.30. The molecule has 1 aliphatic heterocycles. The van der Waals surface area contributed by atoms with Crippen LogP contribution in [0.15, 0.2) is 18.2 Å². The normalized spacial score (nSPS) is 19.0. The molecule has 0 radical (unpaired) electrons. The van der Waals surface area contributed by atoms with Gasteiger partial charge in [-0.25, -0.2) is 0 Å². The summed E-state index contributed by atoms with van der Waals surface area (Å²) in [7, 11) is 0. The number of hydrogen-bond acceptors (Lipinski definition) is 7. The molecule has 0 aliphatic carbocycles. The Balaban J connectivity index is 1.89. The van der Waals surface area contributed by atoms with Crippen molar-refractivity contribution in [3.05, 3.63) is 23.8 Å². The van der Waals surface area contributed by atoms with Gasteiger partial charge < -0.3 is 9.47 Å². The topological polar surface area (TPSA) is 35.5 Å². The first kappa shape index (κ1) is 20.2. The van der Waals surface area contributed by atoms with E-state index in [1.165, 1.54) is 28.8 Å². The highest BCUT2D eigenvalue weighted by Gasteiger charge is 2.07. The van der Waals surface area contributed by atoms with Crippen LogP contribution in [0, 0.1) is 0 Å². The van der Waals surface area contributed by atoms with Crippen LogP contribution in [0.5, 0.6) is 11.5 Å². The molecule has 2 rings (SSSR count). The van der Waals surface area contributed by atoms with Crippen LogP contribution in [-0.2, 0) is 0 Å². The lowest BCUT2D eigenvalue weighted by Gasteiger charge is -2.13. The fourth-order valence-corrected chi connectivity index (χ4v) is 6.06. The van der Waals surface area contributed by atoms with E-state index < -0.39 is 0 Å². The molecule has 0 unspecified atom stereocenters. The van der Waals surface area contributed by atoms with Crippen LogP contribution in [0.2, 0.25) is 0 Å². The van der Waals surface area contributed by atoms with E-state index in [0.717, 1.165) is 29.3 Å². The summed E-state index contributed by atoms with van der Waals surface area (Å²) in [6, 6.07) is 5.38. The van der Waals surface area contributed by atoms with Crippen molar-refractivity contribution < 1.29 is 14.3 Å². The van der Waals surface area contributed by atoms with Gasteiger partial charge in [-0.05, 0) is 18.2 Å². The molecule has 0 atom stereocenters. The van der Waals surface area contributed by atoms with E-state index in [2.05, 4.69) is 0 Å². The molecular weight excluding hydrogens is 380 g/mol. The van der Waals surface area contributed by atoms with Crippen molar-refractivity contribution in [3.8, 4) is 11.5 Å². The lowest BCUT2D eigenvalue weighted by molar-refractivity contribution is 0.112. The monoisotopic (exact) mass is 404 g/mol. The predicted octanol–water partition coefficient (Wildman–Crippen LogP) is 4.20. The highest BCUT2D eigenvalue weighted by atomic mass is 32.2. The number of rotatable bonds is 1. The molecule has 3 nitrogen and oxygen atoms in total.